The molecule has 2 aliphatic rings. The maximum absolute atomic E-state index is 11.7. The fourth-order valence-electron chi connectivity index (χ4n) is 5.31. The quantitative estimate of drug-likeness (QED) is 0.799. The number of piperidine rings is 1. The van der Waals surface area contributed by atoms with Crippen LogP contribution in [-0.4, -0.2) is 40.8 Å². The molecule has 1 heterocycles. The zero-order valence-electron chi connectivity index (χ0n) is 16.9. The van der Waals surface area contributed by atoms with E-state index in [0.717, 1.165) is 43.4 Å². The van der Waals surface area contributed by atoms with Crippen molar-refractivity contribution in [3.8, 4) is 5.75 Å². The SMILES string of the molecule is COc1ccc(C(=O)O)cc1CN1CC[C@@](O)(c2ccccc2)[C@H]2CCCC[C@H]21. The summed E-state index contributed by atoms with van der Waals surface area (Å²) in [6, 6.07) is 15.4. The van der Waals surface area contributed by atoms with Gasteiger partial charge in [-0.15, -0.1) is 0 Å². The molecule has 5 heteroatoms. The van der Waals surface area contributed by atoms with E-state index < -0.39 is 11.6 Å². The van der Waals surface area contributed by atoms with Crippen molar-refractivity contribution < 1.29 is 19.7 Å². The van der Waals surface area contributed by atoms with Crippen LogP contribution in [0.4, 0.5) is 0 Å². The number of hydrogen-bond donors (Lipinski definition) is 2. The van der Waals surface area contributed by atoms with Crippen LogP contribution in [0.5, 0.6) is 5.75 Å². The molecule has 3 atom stereocenters. The van der Waals surface area contributed by atoms with E-state index in [9.17, 15) is 15.0 Å². The van der Waals surface area contributed by atoms with Gasteiger partial charge in [0.25, 0.3) is 0 Å². The molecule has 2 aromatic rings. The summed E-state index contributed by atoms with van der Waals surface area (Å²) in [7, 11) is 1.62. The Morgan fingerprint density at radius 1 is 1.17 bits per heavy atom. The van der Waals surface area contributed by atoms with Crippen molar-refractivity contribution in [3.63, 3.8) is 0 Å². The summed E-state index contributed by atoms with van der Waals surface area (Å²) in [5, 5.41) is 21.1. The molecule has 1 aliphatic carbocycles. The summed E-state index contributed by atoms with van der Waals surface area (Å²) in [4.78, 5) is 13.8. The Morgan fingerprint density at radius 3 is 2.66 bits per heavy atom. The van der Waals surface area contributed by atoms with Crippen molar-refractivity contribution in [2.75, 3.05) is 13.7 Å². The average Bonchev–Trinajstić information content (AvgIpc) is 2.76. The van der Waals surface area contributed by atoms with E-state index in [0.29, 0.717) is 18.7 Å². The van der Waals surface area contributed by atoms with Gasteiger partial charge in [-0.25, -0.2) is 4.79 Å². The molecular formula is C24H29NO4. The number of likely N-dealkylation sites (tertiary alicyclic amines) is 1. The van der Waals surface area contributed by atoms with E-state index in [2.05, 4.69) is 4.90 Å². The van der Waals surface area contributed by atoms with Gasteiger partial charge in [0, 0.05) is 30.6 Å². The summed E-state index contributed by atoms with van der Waals surface area (Å²) in [5.41, 5.74) is 1.39. The molecule has 2 fully saturated rings. The topological polar surface area (TPSA) is 70.0 Å². The highest BCUT2D eigenvalue weighted by Crippen LogP contribution is 2.47. The first-order chi connectivity index (χ1) is 14.0. The van der Waals surface area contributed by atoms with Crippen LogP contribution in [0, 0.1) is 5.92 Å². The number of carbonyl (C=O) groups is 1. The zero-order valence-corrected chi connectivity index (χ0v) is 16.9. The van der Waals surface area contributed by atoms with Crippen molar-refractivity contribution in [1.29, 1.82) is 0 Å². The Morgan fingerprint density at radius 2 is 1.93 bits per heavy atom. The number of nitrogens with zero attached hydrogens (tertiary/aromatic N) is 1. The molecule has 5 nitrogen and oxygen atoms in total. The highest BCUT2D eigenvalue weighted by atomic mass is 16.5. The van der Waals surface area contributed by atoms with Crippen LogP contribution >= 0.6 is 0 Å². The number of fused-ring (bicyclic) bond motifs is 1. The maximum Gasteiger partial charge on any atom is 0.335 e. The van der Waals surface area contributed by atoms with Gasteiger partial charge in [0.1, 0.15) is 5.75 Å². The lowest BCUT2D eigenvalue weighted by atomic mass is 9.66. The summed E-state index contributed by atoms with van der Waals surface area (Å²) in [6.45, 7) is 1.41. The number of rotatable bonds is 5. The molecule has 0 aromatic heterocycles. The van der Waals surface area contributed by atoms with Gasteiger partial charge >= 0.3 is 5.97 Å². The molecule has 0 bridgehead atoms. The Hall–Kier alpha value is -2.37. The molecule has 1 aliphatic heterocycles. The third kappa shape index (κ3) is 3.77. The molecule has 1 saturated carbocycles. The van der Waals surface area contributed by atoms with Gasteiger partial charge in [0.05, 0.1) is 18.3 Å². The number of ether oxygens (including phenoxy) is 1. The molecule has 0 unspecified atom stereocenters. The van der Waals surface area contributed by atoms with Crippen LogP contribution in [0.1, 0.15) is 53.6 Å². The first kappa shape index (κ1) is 19.9. The second-order valence-electron chi connectivity index (χ2n) is 8.30. The lowest BCUT2D eigenvalue weighted by Crippen LogP contribution is -2.57. The van der Waals surface area contributed by atoms with E-state index >= 15 is 0 Å². The van der Waals surface area contributed by atoms with Gasteiger partial charge in [-0.3, -0.25) is 4.90 Å². The van der Waals surface area contributed by atoms with Crippen LogP contribution in [0.15, 0.2) is 48.5 Å². The normalized spacial score (nSPS) is 27.2. The summed E-state index contributed by atoms with van der Waals surface area (Å²) in [6.07, 6.45) is 5.05. The molecule has 0 radical (unpaired) electrons. The standard InChI is InChI=1S/C24H29NO4/c1-29-22-12-11-17(23(26)27)15-18(22)16-25-14-13-24(28,19-7-3-2-4-8-19)20-9-5-6-10-21(20)25/h2-4,7-8,11-12,15,20-21,28H,5-6,9-10,13-14,16H2,1H3,(H,26,27)/t20-,21+,24+/m0/s1. The number of hydrogen-bond acceptors (Lipinski definition) is 4. The summed E-state index contributed by atoms with van der Waals surface area (Å²) >= 11 is 0. The third-order valence-corrected chi connectivity index (χ3v) is 6.77. The Bertz CT molecular complexity index is 868. The van der Waals surface area contributed by atoms with Gasteiger partial charge in [-0.1, -0.05) is 43.2 Å². The number of aliphatic hydroxyl groups is 1. The van der Waals surface area contributed by atoms with Crippen LogP contribution in [0.25, 0.3) is 0 Å². The van der Waals surface area contributed by atoms with Crippen molar-refractivity contribution >= 4 is 5.97 Å². The third-order valence-electron chi connectivity index (χ3n) is 6.77. The number of benzene rings is 2. The lowest BCUT2D eigenvalue weighted by molar-refractivity contribution is -0.123. The predicted molar refractivity (Wildman–Crippen MR) is 111 cm³/mol. The molecule has 154 valence electrons. The van der Waals surface area contributed by atoms with E-state index in [-0.39, 0.29) is 17.5 Å². The molecule has 0 amide bonds. The van der Waals surface area contributed by atoms with Crippen LogP contribution in [0.3, 0.4) is 0 Å². The van der Waals surface area contributed by atoms with Crippen LogP contribution in [-0.2, 0) is 12.1 Å². The summed E-state index contributed by atoms with van der Waals surface area (Å²) in [5.74, 6) is -0.0335. The lowest BCUT2D eigenvalue weighted by Gasteiger charge is -2.52. The molecule has 1 saturated heterocycles. The van der Waals surface area contributed by atoms with Gasteiger partial charge in [0.2, 0.25) is 0 Å². The van der Waals surface area contributed by atoms with Crippen molar-refractivity contribution in [3.05, 3.63) is 65.2 Å². The van der Waals surface area contributed by atoms with Crippen LogP contribution in [0.2, 0.25) is 0 Å². The average molecular weight is 395 g/mol. The number of aromatic carboxylic acids is 1. The van der Waals surface area contributed by atoms with Gasteiger partial charge < -0.3 is 14.9 Å². The van der Waals surface area contributed by atoms with Crippen molar-refractivity contribution in [1.82, 2.24) is 4.90 Å². The maximum atomic E-state index is 11.7. The molecule has 29 heavy (non-hydrogen) atoms. The van der Waals surface area contributed by atoms with E-state index in [1.54, 1.807) is 25.3 Å². The zero-order chi connectivity index (χ0) is 20.4. The Balaban J connectivity index is 1.62. The van der Waals surface area contributed by atoms with Crippen LogP contribution < -0.4 is 4.74 Å². The Labute approximate surface area is 171 Å². The van der Waals surface area contributed by atoms with Gasteiger partial charge in [-0.05, 0) is 43.0 Å². The summed E-state index contributed by atoms with van der Waals surface area (Å²) < 4.78 is 5.50. The van der Waals surface area contributed by atoms with Gasteiger partial charge in [0.15, 0.2) is 0 Å². The van der Waals surface area contributed by atoms with Crippen molar-refractivity contribution in [2.24, 2.45) is 5.92 Å². The fraction of sp³-hybridized carbons (Fsp3) is 0.458. The largest absolute Gasteiger partial charge is 0.496 e. The minimum atomic E-state index is -0.929. The highest BCUT2D eigenvalue weighted by Gasteiger charge is 2.49. The first-order valence-electron chi connectivity index (χ1n) is 10.4. The van der Waals surface area contributed by atoms with Gasteiger partial charge in [-0.2, -0.15) is 0 Å². The molecule has 2 aromatic carbocycles. The molecule has 0 spiro atoms. The second kappa shape index (κ2) is 8.17. The monoisotopic (exact) mass is 395 g/mol. The first-order valence-corrected chi connectivity index (χ1v) is 10.4. The fourth-order valence-corrected chi connectivity index (χ4v) is 5.31. The second-order valence-corrected chi connectivity index (χ2v) is 8.30. The smallest absolute Gasteiger partial charge is 0.335 e. The molecule has 4 rings (SSSR count). The minimum absolute atomic E-state index is 0.182. The number of carboxylic acid groups (broad SMARTS) is 1. The van der Waals surface area contributed by atoms with E-state index in [4.69, 9.17) is 4.74 Å². The minimum Gasteiger partial charge on any atom is -0.496 e. The van der Waals surface area contributed by atoms with E-state index in [1.807, 2.05) is 30.3 Å². The predicted octanol–water partition coefficient (Wildman–Crippen LogP) is 4.05. The number of carboxylic acids is 1. The van der Waals surface area contributed by atoms with E-state index in [1.165, 1.54) is 0 Å². The Kier molecular flexibility index (Phi) is 5.61. The van der Waals surface area contributed by atoms with Crippen molar-refractivity contribution in [2.45, 2.75) is 50.3 Å². The molecular weight excluding hydrogens is 366 g/mol. The highest BCUT2D eigenvalue weighted by molar-refractivity contribution is 5.88. The number of methoxy groups -OCH3 is 1. The molecule has 2 N–H and O–H groups in total.